The van der Waals surface area contributed by atoms with E-state index in [2.05, 4.69) is 315 Å². The second-order valence-electron chi connectivity index (χ2n) is 32.4. The van der Waals surface area contributed by atoms with Gasteiger partial charge in [-0.1, -0.05) is 321 Å². The van der Waals surface area contributed by atoms with E-state index in [0.717, 1.165) is 116 Å². The molecule has 97 heavy (non-hydrogen) atoms. The van der Waals surface area contributed by atoms with Crippen LogP contribution in [0.4, 0.5) is 17.1 Å². The molecule has 3 aliphatic rings. The van der Waals surface area contributed by atoms with Crippen molar-refractivity contribution >= 4 is 73.7 Å². The predicted molar refractivity (Wildman–Crippen MR) is 418 cm³/mol. The van der Waals surface area contributed by atoms with Crippen molar-refractivity contribution in [1.29, 1.82) is 0 Å². The van der Waals surface area contributed by atoms with Crippen molar-refractivity contribution in [1.82, 2.24) is 4.57 Å². The highest BCUT2D eigenvalue weighted by atomic mass is 32.2. The van der Waals surface area contributed by atoms with Crippen molar-refractivity contribution < 1.29 is 11.0 Å². The van der Waals surface area contributed by atoms with Gasteiger partial charge in [-0.15, -0.1) is 0 Å². The number of anilines is 3. The van der Waals surface area contributed by atoms with E-state index in [9.17, 15) is 11.0 Å². The maximum Gasteiger partial charge on any atom is 0.247 e. The lowest BCUT2D eigenvalue weighted by atomic mass is 9.29. The Hall–Kier alpha value is -9.35. The highest BCUT2D eigenvalue weighted by molar-refractivity contribution is 7.99. The van der Waals surface area contributed by atoms with Crippen LogP contribution >= 0.6 is 11.8 Å². The average molecular weight is 1280 g/mol. The van der Waals surface area contributed by atoms with Crippen LogP contribution in [-0.2, 0) is 32.5 Å². The molecule has 1 aromatic heterocycles. The van der Waals surface area contributed by atoms with E-state index in [0.29, 0.717) is 5.69 Å². The molecule has 0 bridgehead atoms. The lowest BCUT2D eigenvalue weighted by Crippen LogP contribution is -2.65. The fourth-order valence-electron chi connectivity index (χ4n) is 15.6. The smallest absolute Gasteiger partial charge is 0.247 e. The van der Waals surface area contributed by atoms with Crippen molar-refractivity contribution in [3.05, 3.63) is 305 Å². The van der Waals surface area contributed by atoms with E-state index >= 15 is 0 Å². The lowest BCUT2D eigenvalue weighted by molar-refractivity contribution is 0.568. The standard InChI is InChI=1S/C93H87BN2S/c1-88(2,3)64-46-62(47-65(52-64)89(4,5)6)60-42-44-74-79(50-60)94-78-45-43-61(63-48-66(90(7,8)9)53-67(49-63)91(10,11)12)51-82(78)96(87-72(58-30-18-16-19-31-58)54-68(92(13,14)15)55-73(87)59-32-20-17-21-33-59)83-57-69(95-80-38-26-22-34-70(80)71-35-23-27-39-81(71)95)56-77(86(83)94)93(74)75-36-24-28-40-84(75)97-85-41-29-25-37-76(85)93/h16-57H,1-15H3/i22D,23D,26D,27D,34D,35D,38D,39D. The fraction of sp³-hybridized carbons (Fsp3) is 0.226. The topological polar surface area (TPSA) is 8.17 Å². The average Bonchev–Trinajstić information content (AvgIpc) is 1.03. The largest absolute Gasteiger partial charge is 0.310 e. The Morgan fingerprint density at radius 1 is 0.351 bits per heavy atom. The van der Waals surface area contributed by atoms with Crippen molar-refractivity contribution in [2.75, 3.05) is 4.90 Å². The van der Waals surface area contributed by atoms with Gasteiger partial charge in [-0.05, 0) is 176 Å². The van der Waals surface area contributed by atoms with Crippen LogP contribution in [0.25, 0.3) is 72.0 Å². The van der Waals surface area contributed by atoms with Crippen LogP contribution in [0.3, 0.4) is 0 Å². The van der Waals surface area contributed by atoms with Gasteiger partial charge in [0.1, 0.15) is 0 Å². The normalized spacial score (nSPS) is 15.3. The summed E-state index contributed by atoms with van der Waals surface area (Å²) in [6, 6.07) is 73.5. The summed E-state index contributed by atoms with van der Waals surface area (Å²) < 4.78 is 79.2. The summed E-state index contributed by atoms with van der Waals surface area (Å²) in [7, 11) is 0. The molecule has 0 saturated heterocycles. The Kier molecular flexibility index (Phi) is 12.4. The summed E-state index contributed by atoms with van der Waals surface area (Å²) in [5.74, 6) is 0. The fourth-order valence-corrected chi connectivity index (χ4v) is 16.8. The zero-order chi connectivity index (χ0) is 74.4. The van der Waals surface area contributed by atoms with Crippen LogP contribution in [-0.4, -0.2) is 11.3 Å². The molecule has 4 heterocycles. The first-order valence-corrected chi connectivity index (χ1v) is 35.2. The van der Waals surface area contributed by atoms with Crippen molar-refractivity contribution in [3.63, 3.8) is 0 Å². The van der Waals surface area contributed by atoms with Crippen molar-refractivity contribution in [2.45, 2.75) is 146 Å². The molecule has 0 fully saturated rings. The van der Waals surface area contributed by atoms with Gasteiger partial charge < -0.3 is 9.47 Å². The molecule has 3 aliphatic heterocycles. The van der Waals surface area contributed by atoms with Gasteiger partial charge in [-0.3, -0.25) is 0 Å². The van der Waals surface area contributed by atoms with Gasteiger partial charge in [-0.25, -0.2) is 0 Å². The molecule has 0 N–H and O–H groups in total. The van der Waals surface area contributed by atoms with Crippen LogP contribution in [0.1, 0.15) is 165 Å². The van der Waals surface area contributed by atoms with Crippen molar-refractivity contribution in [2.24, 2.45) is 0 Å². The highest BCUT2D eigenvalue weighted by Crippen LogP contribution is 2.59. The van der Waals surface area contributed by atoms with Gasteiger partial charge in [0.25, 0.3) is 0 Å². The van der Waals surface area contributed by atoms with Gasteiger partial charge in [0.05, 0.1) is 33.1 Å². The van der Waals surface area contributed by atoms with E-state index in [1.54, 1.807) is 16.3 Å². The minimum Gasteiger partial charge on any atom is -0.310 e. The first-order chi connectivity index (χ1) is 49.6. The number of benzene rings is 12. The molecule has 0 aliphatic carbocycles. The first-order valence-electron chi connectivity index (χ1n) is 38.3. The summed E-state index contributed by atoms with van der Waals surface area (Å²) in [5.41, 5.74) is 22.9. The van der Waals surface area contributed by atoms with Gasteiger partial charge in [0.2, 0.25) is 6.71 Å². The number of para-hydroxylation sites is 2. The second-order valence-corrected chi connectivity index (χ2v) is 33.5. The number of nitrogens with zero attached hydrogens (tertiary/aromatic N) is 2. The summed E-state index contributed by atoms with van der Waals surface area (Å²) in [4.78, 5) is 4.68. The predicted octanol–water partition coefficient (Wildman–Crippen LogP) is 23.4. The number of hydrogen-bond donors (Lipinski definition) is 0. The summed E-state index contributed by atoms with van der Waals surface area (Å²) in [5, 5.41) is 0.0355. The third-order valence-electron chi connectivity index (χ3n) is 20.9. The summed E-state index contributed by atoms with van der Waals surface area (Å²) in [6.07, 6.45) is 0. The molecule has 13 aromatic rings. The van der Waals surface area contributed by atoms with E-state index < -0.39 is 36.3 Å². The van der Waals surface area contributed by atoms with Crippen molar-refractivity contribution in [3.8, 4) is 50.2 Å². The summed E-state index contributed by atoms with van der Waals surface area (Å²) >= 11 is 1.76. The Bertz CT molecular complexity index is 5590. The molecule has 2 nitrogen and oxygen atoms in total. The lowest BCUT2D eigenvalue weighted by Gasteiger charge is -2.51. The van der Waals surface area contributed by atoms with Crippen LogP contribution in [0.5, 0.6) is 0 Å². The Morgan fingerprint density at radius 2 is 0.784 bits per heavy atom. The van der Waals surface area contributed by atoms with Gasteiger partial charge in [0, 0.05) is 48.8 Å². The molecule has 0 radical (unpaired) electrons. The monoisotopic (exact) mass is 1280 g/mol. The van der Waals surface area contributed by atoms with Crippen LogP contribution in [0.2, 0.25) is 0 Å². The van der Waals surface area contributed by atoms with E-state index in [-0.39, 0.29) is 73.1 Å². The Balaban J connectivity index is 1.18. The molecule has 12 aromatic carbocycles. The molecule has 0 amide bonds. The molecule has 478 valence electrons. The number of fused-ring (bicyclic) bond motifs is 13. The SMILES string of the molecule is [2H]c1c([2H])c([2H])c2c(c1[2H])c1c([2H])c([2H])c([2H])c([2H])c1n2-c1cc2c3c(c1)C1(c4ccccc4Sc4ccccc41)c1ccc(-c4cc(C(C)(C)C)cc(C(C)(C)C)c4)cc1B3c1ccc(-c3cc(C(C)(C)C)cc(C(C)(C)C)c3)cc1N2c1c(-c2ccccc2)cc(C(C)(C)C)cc1-c1ccccc1. The van der Waals surface area contributed by atoms with E-state index in [1.165, 1.54) is 22.3 Å². The molecule has 4 heteroatoms. The minimum absolute atomic E-state index is 0.0178. The van der Waals surface area contributed by atoms with E-state index in [4.69, 9.17) is 0 Å². The van der Waals surface area contributed by atoms with Gasteiger partial charge >= 0.3 is 0 Å². The van der Waals surface area contributed by atoms with Gasteiger partial charge in [-0.2, -0.15) is 0 Å². The molecule has 1 spiro atoms. The third kappa shape index (κ3) is 10.2. The molecule has 0 saturated carbocycles. The van der Waals surface area contributed by atoms with Crippen LogP contribution in [0, 0.1) is 0 Å². The maximum absolute atomic E-state index is 10.2. The zero-order valence-corrected chi connectivity index (χ0v) is 59.3. The number of aromatic nitrogens is 1. The Labute approximate surface area is 591 Å². The number of rotatable bonds is 6. The van der Waals surface area contributed by atoms with E-state index in [1.807, 2.05) is 0 Å². The molecule has 0 unspecified atom stereocenters. The quantitative estimate of drug-likeness (QED) is 0.153. The van der Waals surface area contributed by atoms with Gasteiger partial charge in [0.15, 0.2) is 0 Å². The molecular formula is C93H87BN2S. The zero-order valence-electron chi connectivity index (χ0n) is 66.5. The first kappa shape index (κ1) is 53.8. The molecular weight excluding hydrogens is 1190 g/mol. The highest BCUT2D eigenvalue weighted by Gasteiger charge is 2.55. The second kappa shape index (κ2) is 22.4. The summed E-state index contributed by atoms with van der Waals surface area (Å²) in [6.45, 7) is 33.9. The molecule has 0 atom stereocenters. The van der Waals surface area contributed by atoms with Crippen LogP contribution in [0.15, 0.2) is 264 Å². The minimum atomic E-state index is -1.12. The maximum atomic E-state index is 10.2. The molecule has 16 rings (SSSR count). The number of hydrogen-bond acceptors (Lipinski definition) is 2. The van der Waals surface area contributed by atoms with Crippen LogP contribution < -0.4 is 21.3 Å². The Morgan fingerprint density at radius 3 is 1.27 bits per heavy atom. The third-order valence-corrected chi connectivity index (χ3v) is 22.0.